The van der Waals surface area contributed by atoms with Crippen molar-refractivity contribution in [1.82, 2.24) is 0 Å². The second-order valence-electron chi connectivity index (χ2n) is 12.9. The van der Waals surface area contributed by atoms with Crippen molar-refractivity contribution in [2.24, 2.45) is 0 Å². The summed E-state index contributed by atoms with van der Waals surface area (Å²) in [6, 6.07) is 40.5. The van der Waals surface area contributed by atoms with Gasteiger partial charge in [0.25, 0.3) is 0 Å². The van der Waals surface area contributed by atoms with Crippen LogP contribution in [0.2, 0.25) is 0 Å². The van der Waals surface area contributed by atoms with E-state index in [1.165, 1.54) is 23.7 Å². The lowest BCUT2D eigenvalue weighted by Gasteiger charge is -2.18. The van der Waals surface area contributed by atoms with Crippen LogP contribution in [0.5, 0.6) is 5.75 Å². The number of rotatable bonds is 4. The molecule has 0 amide bonds. The van der Waals surface area contributed by atoms with Crippen molar-refractivity contribution in [2.45, 2.75) is 52.4 Å². The summed E-state index contributed by atoms with van der Waals surface area (Å²) in [5, 5.41) is 24.6. The molecule has 6 rings (SSSR count). The fraction of sp³-hybridized carbons (Fsp3) is 0.211. The van der Waals surface area contributed by atoms with E-state index in [9.17, 15) is 0 Å². The van der Waals surface area contributed by atoms with Gasteiger partial charge in [-0.2, -0.15) is 0 Å². The molecule has 0 unspecified atom stereocenters. The van der Waals surface area contributed by atoms with Gasteiger partial charge in [0.1, 0.15) is 5.75 Å². The van der Waals surface area contributed by atoms with Crippen LogP contribution >= 0.6 is 0 Å². The van der Waals surface area contributed by atoms with Crippen LogP contribution in [0, 0.1) is 7.14 Å². The average Bonchev–Trinajstić information content (AvgIpc) is 2.96. The molecule has 0 atom stereocenters. The van der Waals surface area contributed by atoms with E-state index in [1.807, 2.05) is 30.3 Å². The zero-order valence-corrected chi connectivity index (χ0v) is 27.9. The van der Waals surface area contributed by atoms with Gasteiger partial charge in [0.05, 0.1) is 0 Å². The van der Waals surface area contributed by atoms with E-state index in [2.05, 4.69) is 120 Å². The van der Waals surface area contributed by atoms with Crippen molar-refractivity contribution in [2.75, 3.05) is 0 Å². The van der Waals surface area contributed by atoms with Crippen molar-refractivity contribution in [3.05, 3.63) is 134 Å². The van der Waals surface area contributed by atoms with Crippen LogP contribution < -0.4 is 25.9 Å². The Hall–Kier alpha value is -3.39. The van der Waals surface area contributed by atoms with Crippen LogP contribution in [-0.2, 0) is 10.8 Å². The Morgan fingerprint density at radius 1 is 0.535 bits per heavy atom. The lowest BCUT2D eigenvalue weighted by atomic mass is 9.87. The minimum absolute atomic E-state index is 0.0703. The number of halogens is 1. The SMILES string of the molecule is CC(C)(C)c1ccc([I+]c2ccc(C(C)(C)C)cc2)cc1.OB(O)Oc1cccc2ccc3cc4ccccc4cc3c12. The molecular formula is C38H39BIO3+. The van der Waals surface area contributed by atoms with Crippen molar-refractivity contribution >= 4 is 39.6 Å². The third-order valence-electron chi connectivity index (χ3n) is 7.56. The first kappa shape index (κ1) is 31.1. The highest BCUT2D eigenvalue weighted by atomic mass is 127. The third-order valence-corrected chi connectivity index (χ3v) is 10.2. The second-order valence-corrected chi connectivity index (χ2v) is 15.9. The van der Waals surface area contributed by atoms with E-state index >= 15 is 0 Å². The molecule has 5 heteroatoms. The highest BCUT2D eigenvalue weighted by molar-refractivity contribution is 6.34. The summed E-state index contributed by atoms with van der Waals surface area (Å²) in [6.45, 7) is 13.6. The molecule has 2 N–H and O–H groups in total. The smallest absolute Gasteiger partial charge is 0.511 e. The number of hydrogen-bond donors (Lipinski definition) is 2. The highest BCUT2D eigenvalue weighted by Gasteiger charge is 2.20. The maximum Gasteiger partial charge on any atom is 0.707 e. The fourth-order valence-electron chi connectivity index (χ4n) is 5.13. The number of hydrogen-bond acceptors (Lipinski definition) is 3. The summed E-state index contributed by atoms with van der Waals surface area (Å²) in [5.74, 6) is 0.466. The van der Waals surface area contributed by atoms with Gasteiger partial charge in [-0.05, 0) is 91.4 Å². The van der Waals surface area contributed by atoms with Crippen molar-refractivity contribution in [1.29, 1.82) is 0 Å². The van der Waals surface area contributed by atoms with Crippen molar-refractivity contribution < 1.29 is 35.9 Å². The molecule has 3 nitrogen and oxygen atoms in total. The summed E-state index contributed by atoms with van der Waals surface area (Å²) in [4.78, 5) is 0. The van der Waals surface area contributed by atoms with E-state index < -0.39 is 7.32 Å². The topological polar surface area (TPSA) is 49.7 Å². The summed E-state index contributed by atoms with van der Waals surface area (Å²) in [6.07, 6.45) is 0. The Morgan fingerprint density at radius 2 is 1.02 bits per heavy atom. The van der Waals surface area contributed by atoms with Gasteiger partial charge in [-0.3, -0.25) is 0 Å². The summed E-state index contributed by atoms with van der Waals surface area (Å²) in [5.41, 5.74) is 3.31. The Balaban J connectivity index is 0.000000172. The van der Waals surface area contributed by atoms with E-state index in [1.54, 1.807) is 6.07 Å². The van der Waals surface area contributed by atoms with Crippen LogP contribution in [0.25, 0.3) is 32.3 Å². The standard InChI is InChI=1S/C20H26I.C18H13BO3/c1-19(2,3)15-7-11-17(12-8-15)21-18-13-9-16(10-14-18)20(4,5)6;20-19(21)22-17-7-3-6-12-8-9-15-10-13-4-1-2-5-14(13)11-16(15)18(12)17/h7-14H,1-6H3;1-11,20-21H/q+1;. The maximum atomic E-state index is 9.14. The Bertz CT molecular complexity index is 1790. The van der Waals surface area contributed by atoms with Crippen molar-refractivity contribution in [3.8, 4) is 5.75 Å². The molecule has 0 heterocycles. The zero-order chi connectivity index (χ0) is 30.8. The summed E-state index contributed by atoms with van der Waals surface area (Å²) >= 11 is -0.0703. The molecule has 6 aromatic rings. The Morgan fingerprint density at radius 3 is 1.53 bits per heavy atom. The van der Waals surface area contributed by atoms with Crippen LogP contribution in [0.4, 0.5) is 0 Å². The van der Waals surface area contributed by atoms with Gasteiger partial charge in [0.2, 0.25) is 0 Å². The Kier molecular flexibility index (Phi) is 9.16. The maximum absolute atomic E-state index is 9.14. The molecule has 0 spiro atoms. The Labute approximate surface area is 266 Å². The molecule has 0 aliphatic rings. The molecule has 0 aromatic heterocycles. The van der Waals surface area contributed by atoms with Gasteiger partial charge < -0.3 is 14.7 Å². The van der Waals surface area contributed by atoms with E-state index in [-0.39, 0.29) is 32.0 Å². The molecule has 0 bridgehead atoms. The molecule has 0 aliphatic heterocycles. The monoisotopic (exact) mass is 681 g/mol. The lowest BCUT2D eigenvalue weighted by molar-refractivity contribution is -0.597. The third kappa shape index (κ3) is 7.58. The molecule has 0 saturated carbocycles. The first-order valence-electron chi connectivity index (χ1n) is 14.6. The van der Waals surface area contributed by atoms with E-state index in [0.717, 1.165) is 26.9 Å². The van der Waals surface area contributed by atoms with Gasteiger partial charge in [-0.25, -0.2) is 0 Å². The molecule has 0 radical (unpaired) electrons. The van der Waals surface area contributed by atoms with Gasteiger partial charge in [-0.1, -0.05) is 114 Å². The molecule has 43 heavy (non-hydrogen) atoms. The largest absolute Gasteiger partial charge is 0.707 e. The van der Waals surface area contributed by atoms with Gasteiger partial charge >= 0.3 is 28.5 Å². The van der Waals surface area contributed by atoms with Gasteiger partial charge in [0, 0.05) is 5.39 Å². The van der Waals surface area contributed by atoms with Crippen molar-refractivity contribution in [3.63, 3.8) is 0 Å². The summed E-state index contributed by atoms with van der Waals surface area (Å²) in [7, 11) is -1.83. The summed E-state index contributed by atoms with van der Waals surface area (Å²) < 4.78 is 8.14. The predicted molar refractivity (Wildman–Crippen MR) is 177 cm³/mol. The van der Waals surface area contributed by atoms with Crippen LogP contribution in [0.1, 0.15) is 52.7 Å². The molecule has 0 fully saturated rings. The minimum atomic E-state index is -1.83. The molecule has 0 aliphatic carbocycles. The normalized spacial score (nSPS) is 11.8. The van der Waals surface area contributed by atoms with E-state index in [4.69, 9.17) is 14.7 Å². The quantitative estimate of drug-likeness (QED) is 0.106. The molecular weight excluding hydrogens is 642 g/mol. The molecule has 0 saturated heterocycles. The van der Waals surface area contributed by atoms with Gasteiger partial charge in [-0.15, -0.1) is 0 Å². The zero-order valence-electron chi connectivity index (χ0n) is 25.7. The van der Waals surface area contributed by atoms with Crippen LogP contribution in [-0.4, -0.2) is 17.4 Å². The first-order chi connectivity index (χ1) is 20.4. The fourth-order valence-corrected chi connectivity index (χ4v) is 7.29. The second kappa shape index (κ2) is 12.7. The number of fused-ring (bicyclic) bond motifs is 4. The molecule has 6 aromatic carbocycles. The minimum Gasteiger partial charge on any atom is -0.511 e. The number of benzene rings is 6. The van der Waals surface area contributed by atoms with Crippen LogP contribution in [0.15, 0.2) is 115 Å². The van der Waals surface area contributed by atoms with E-state index in [0.29, 0.717) is 5.75 Å². The predicted octanol–water partition coefficient (Wildman–Crippen LogP) is 5.90. The molecule has 218 valence electrons. The van der Waals surface area contributed by atoms with Crippen LogP contribution in [0.3, 0.4) is 0 Å². The highest BCUT2D eigenvalue weighted by Crippen LogP contribution is 2.35. The lowest BCUT2D eigenvalue weighted by Crippen LogP contribution is -3.61. The first-order valence-corrected chi connectivity index (χ1v) is 16.8. The average molecular weight is 681 g/mol. The van der Waals surface area contributed by atoms with Gasteiger partial charge in [0.15, 0.2) is 7.14 Å².